The van der Waals surface area contributed by atoms with Gasteiger partial charge in [0.25, 0.3) is 0 Å². The zero-order valence-electron chi connectivity index (χ0n) is 8.21. The van der Waals surface area contributed by atoms with Gasteiger partial charge in [-0.15, -0.1) is 11.3 Å². The van der Waals surface area contributed by atoms with Crippen molar-refractivity contribution in [2.45, 2.75) is 45.1 Å². The second-order valence-corrected chi connectivity index (χ2v) is 5.11. The average Bonchev–Trinajstić information content (AvgIpc) is 2.84. The maximum Gasteiger partial charge on any atom is 0.107 e. The summed E-state index contributed by atoms with van der Waals surface area (Å²) >= 11 is 1.80. The van der Waals surface area contributed by atoms with Gasteiger partial charge in [-0.25, -0.2) is 4.98 Å². The summed E-state index contributed by atoms with van der Waals surface area (Å²) in [6, 6.07) is 0. The first-order chi connectivity index (χ1) is 6.22. The smallest absolute Gasteiger partial charge is 0.107 e. The number of nitrogens with zero attached hydrogens (tertiary/aromatic N) is 1. The van der Waals surface area contributed by atoms with Gasteiger partial charge in [0.2, 0.25) is 0 Å². The van der Waals surface area contributed by atoms with Gasteiger partial charge < -0.3 is 5.73 Å². The molecular weight excluding hydrogens is 180 g/mol. The van der Waals surface area contributed by atoms with E-state index in [1.807, 2.05) is 0 Å². The molecule has 0 atom stereocenters. The van der Waals surface area contributed by atoms with Crippen LogP contribution in [0.2, 0.25) is 0 Å². The predicted molar refractivity (Wildman–Crippen MR) is 56.1 cm³/mol. The molecule has 0 amide bonds. The maximum absolute atomic E-state index is 5.60. The highest BCUT2D eigenvalue weighted by atomic mass is 32.1. The summed E-state index contributed by atoms with van der Waals surface area (Å²) in [7, 11) is 0. The van der Waals surface area contributed by atoms with Crippen LogP contribution in [0.5, 0.6) is 0 Å². The molecule has 1 fully saturated rings. The first kappa shape index (κ1) is 9.16. The summed E-state index contributed by atoms with van der Waals surface area (Å²) in [5, 5.41) is 1.10. The second kappa shape index (κ2) is 3.39. The SMILES string of the molecule is CC(C)c1sc(CN)nc1C1CC1. The van der Waals surface area contributed by atoms with Crippen molar-refractivity contribution in [3.63, 3.8) is 0 Å². The molecule has 0 aromatic carbocycles. The van der Waals surface area contributed by atoms with Crippen molar-refractivity contribution in [3.8, 4) is 0 Å². The molecule has 0 saturated heterocycles. The number of aromatic nitrogens is 1. The molecular formula is C10H16N2S. The van der Waals surface area contributed by atoms with Crippen molar-refractivity contribution >= 4 is 11.3 Å². The summed E-state index contributed by atoms with van der Waals surface area (Å²) in [6.07, 6.45) is 2.65. The number of rotatable bonds is 3. The Labute approximate surface area is 83.2 Å². The van der Waals surface area contributed by atoms with Crippen molar-refractivity contribution in [2.24, 2.45) is 5.73 Å². The van der Waals surface area contributed by atoms with Gasteiger partial charge in [0.1, 0.15) is 5.01 Å². The van der Waals surface area contributed by atoms with Crippen molar-refractivity contribution < 1.29 is 0 Å². The largest absolute Gasteiger partial charge is 0.325 e. The first-order valence-electron chi connectivity index (χ1n) is 4.92. The van der Waals surface area contributed by atoms with Gasteiger partial charge in [-0.2, -0.15) is 0 Å². The highest BCUT2D eigenvalue weighted by molar-refractivity contribution is 7.11. The molecule has 3 heteroatoms. The van der Waals surface area contributed by atoms with Gasteiger partial charge in [0, 0.05) is 17.3 Å². The molecule has 0 aliphatic heterocycles. The Kier molecular flexibility index (Phi) is 2.39. The Morgan fingerprint density at radius 2 is 2.23 bits per heavy atom. The lowest BCUT2D eigenvalue weighted by Crippen LogP contribution is -1.95. The summed E-state index contributed by atoms with van der Waals surface area (Å²) in [6.45, 7) is 5.07. The molecule has 0 radical (unpaired) electrons. The minimum absolute atomic E-state index is 0.594. The summed E-state index contributed by atoms with van der Waals surface area (Å²) in [5.41, 5.74) is 6.95. The molecule has 0 spiro atoms. The molecule has 1 aliphatic carbocycles. The maximum atomic E-state index is 5.60. The Balaban J connectivity index is 2.33. The monoisotopic (exact) mass is 196 g/mol. The Morgan fingerprint density at radius 3 is 2.69 bits per heavy atom. The molecule has 1 aliphatic rings. The highest BCUT2D eigenvalue weighted by Gasteiger charge is 2.30. The van der Waals surface area contributed by atoms with Gasteiger partial charge in [-0.1, -0.05) is 13.8 Å². The lowest BCUT2D eigenvalue weighted by atomic mass is 10.1. The Bertz CT molecular complexity index is 280. The standard InChI is InChI=1S/C10H16N2S/c1-6(2)10-9(7-3-4-7)12-8(5-11)13-10/h6-7H,3-5,11H2,1-2H3. The molecule has 72 valence electrons. The first-order valence-corrected chi connectivity index (χ1v) is 5.73. The van der Waals surface area contributed by atoms with Crippen LogP contribution < -0.4 is 5.73 Å². The van der Waals surface area contributed by atoms with Gasteiger partial charge in [-0.3, -0.25) is 0 Å². The van der Waals surface area contributed by atoms with E-state index in [4.69, 9.17) is 5.73 Å². The van der Waals surface area contributed by atoms with Crippen LogP contribution in [0, 0.1) is 0 Å². The van der Waals surface area contributed by atoms with E-state index in [1.165, 1.54) is 23.4 Å². The predicted octanol–water partition coefficient (Wildman–Crippen LogP) is 2.60. The second-order valence-electron chi connectivity index (χ2n) is 3.99. The van der Waals surface area contributed by atoms with Gasteiger partial charge in [0.15, 0.2) is 0 Å². The fourth-order valence-electron chi connectivity index (χ4n) is 1.54. The van der Waals surface area contributed by atoms with Crippen molar-refractivity contribution in [1.82, 2.24) is 4.98 Å². The summed E-state index contributed by atoms with van der Waals surface area (Å²) < 4.78 is 0. The quantitative estimate of drug-likeness (QED) is 0.807. The zero-order chi connectivity index (χ0) is 9.42. The molecule has 1 heterocycles. The van der Waals surface area contributed by atoms with Crippen LogP contribution in [-0.4, -0.2) is 4.98 Å². The molecule has 2 N–H and O–H groups in total. The van der Waals surface area contributed by atoms with Crippen molar-refractivity contribution in [2.75, 3.05) is 0 Å². The lowest BCUT2D eigenvalue weighted by Gasteiger charge is -2.02. The minimum atomic E-state index is 0.594. The number of thiazole rings is 1. The van der Waals surface area contributed by atoms with Crippen molar-refractivity contribution in [1.29, 1.82) is 0 Å². The van der Waals surface area contributed by atoms with Crippen LogP contribution in [0.1, 0.15) is 54.1 Å². The highest BCUT2D eigenvalue weighted by Crippen LogP contribution is 2.44. The van der Waals surface area contributed by atoms with E-state index in [-0.39, 0.29) is 0 Å². The van der Waals surface area contributed by atoms with E-state index in [0.29, 0.717) is 12.5 Å². The van der Waals surface area contributed by atoms with Gasteiger partial charge in [-0.05, 0) is 18.8 Å². The fourth-order valence-corrected chi connectivity index (χ4v) is 2.58. The van der Waals surface area contributed by atoms with Crippen LogP contribution in [0.4, 0.5) is 0 Å². The van der Waals surface area contributed by atoms with E-state index in [0.717, 1.165) is 10.9 Å². The fraction of sp³-hybridized carbons (Fsp3) is 0.700. The van der Waals surface area contributed by atoms with Crippen LogP contribution in [0.3, 0.4) is 0 Å². The molecule has 0 bridgehead atoms. The molecule has 13 heavy (non-hydrogen) atoms. The summed E-state index contributed by atoms with van der Waals surface area (Å²) in [4.78, 5) is 6.07. The molecule has 2 nitrogen and oxygen atoms in total. The molecule has 2 rings (SSSR count). The number of hydrogen-bond acceptors (Lipinski definition) is 3. The van der Waals surface area contributed by atoms with Crippen LogP contribution in [0.15, 0.2) is 0 Å². The molecule has 1 aromatic rings. The van der Waals surface area contributed by atoms with Crippen molar-refractivity contribution in [3.05, 3.63) is 15.6 Å². The van der Waals surface area contributed by atoms with Gasteiger partial charge >= 0.3 is 0 Å². The van der Waals surface area contributed by atoms with E-state index in [2.05, 4.69) is 18.8 Å². The Hall–Kier alpha value is -0.410. The third kappa shape index (κ3) is 1.76. The van der Waals surface area contributed by atoms with Gasteiger partial charge in [0.05, 0.1) is 5.69 Å². The average molecular weight is 196 g/mol. The van der Waals surface area contributed by atoms with Crippen LogP contribution in [-0.2, 0) is 6.54 Å². The molecule has 0 unspecified atom stereocenters. The third-order valence-corrected chi connectivity index (χ3v) is 3.78. The van der Waals surface area contributed by atoms with E-state index in [9.17, 15) is 0 Å². The number of hydrogen-bond donors (Lipinski definition) is 1. The zero-order valence-corrected chi connectivity index (χ0v) is 9.03. The third-order valence-electron chi connectivity index (χ3n) is 2.39. The van der Waals surface area contributed by atoms with E-state index in [1.54, 1.807) is 11.3 Å². The number of nitrogens with two attached hydrogens (primary N) is 1. The van der Waals surface area contributed by atoms with E-state index < -0.39 is 0 Å². The van der Waals surface area contributed by atoms with E-state index >= 15 is 0 Å². The van der Waals surface area contributed by atoms with Crippen LogP contribution >= 0.6 is 11.3 Å². The minimum Gasteiger partial charge on any atom is -0.325 e. The molecule has 1 aromatic heterocycles. The summed E-state index contributed by atoms with van der Waals surface area (Å²) in [5.74, 6) is 1.36. The normalized spacial score (nSPS) is 16.9. The molecule has 1 saturated carbocycles. The Morgan fingerprint density at radius 1 is 1.54 bits per heavy atom. The lowest BCUT2D eigenvalue weighted by molar-refractivity contribution is 0.848. The van der Waals surface area contributed by atoms with Crippen LogP contribution in [0.25, 0.3) is 0 Å². The topological polar surface area (TPSA) is 38.9 Å².